The zero-order valence-corrected chi connectivity index (χ0v) is 11.1. The Kier molecular flexibility index (Phi) is 3.79. The highest BCUT2D eigenvalue weighted by Crippen LogP contribution is 2.27. The molecule has 1 saturated heterocycles. The molecule has 2 amide bonds. The Morgan fingerprint density at radius 2 is 2.06 bits per heavy atom. The normalized spacial score (nSPS) is 18.5. The number of pyridine rings is 1. The molecule has 1 aromatic rings. The Hall–Kier alpha value is -1.24. The van der Waals surface area contributed by atoms with Crippen LogP contribution in [-0.4, -0.2) is 34.9 Å². The number of halogens is 3. The number of nitrogens with zero attached hydrogens (tertiary/aromatic N) is 2. The first-order valence-electron chi connectivity index (χ1n) is 5.52. The van der Waals surface area contributed by atoms with Gasteiger partial charge in [-0.25, -0.2) is 18.6 Å². The largest absolute Gasteiger partial charge is 0.324 e. The van der Waals surface area contributed by atoms with Gasteiger partial charge in [-0.15, -0.1) is 0 Å². The van der Waals surface area contributed by atoms with Gasteiger partial charge in [0.05, 0.1) is 0 Å². The number of rotatable bonds is 1. The van der Waals surface area contributed by atoms with Crippen molar-refractivity contribution in [2.75, 3.05) is 18.4 Å². The molecule has 0 aromatic carbocycles. The predicted molar refractivity (Wildman–Crippen MR) is 66.7 cm³/mol. The van der Waals surface area contributed by atoms with Gasteiger partial charge in [0.25, 0.3) is 5.92 Å². The molecular weight excluding hydrogens is 308 g/mol. The third-order valence-electron chi connectivity index (χ3n) is 2.74. The van der Waals surface area contributed by atoms with Crippen LogP contribution in [0.5, 0.6) is 0 Å². The number of hydrogen-bond donors (Lipinski definition) is 1. The van der Waals surface area contributed by atoms with Crippen LogP contribution in [0.2, 0.25) is 0 Å². The van der Waals surface area contributed by atoms with Gasteiger partial charge in [0, 0.05) is 36.6 Å². The Labute approximate surface area is 112 Å². The molecule has 7 heteroatoms. The first-order chi connectivity index (χ1) is 8.46. The molecule has 0 radical (unpaired) electrons. The number of nitrogens with one attached hydrogen (secondary N) is 1. The van der Waals surface area contributed by atoms with E-state index in [1.165, 1.54) is 4.90 Å². The fourth-order valence-electron chi connectivity index (χ4n) is 1.68. The monoisotopic (exact) mass is 319 g/mol. The van der Waals surface area contributed by atoms with E-state index in [1.807, 2.05) is 0 Å². The van der Waals surface area contributed by atoms with E-state index in [-0.39, 0.29) is 32.0 Å². The smallest absolute Gasteiger partial charge is 0.323 e. The van der Waals surface area contributed by atoms with E-state index in [0.717, 1.165) is 4.47 Å². The van der Waals surface area contributed by atoms with Gasteiger partial charge >= 0.3 is 6.03 Å². The van der Waals surface area contributed by atoms with Gasteiger partial charge in [-0.2, -0.15) is 0 Å². The minimum Gasteiger partial charge on any atom is -0.324 e. The van der Waals surface area contributed by atoms with Gasteiger partial charge in [-0.05, 0) is 28.1 Å². The summed E-state index contributed by atoms with van der Waals surface area (Å²) in [5.41, 5.74) is 0. The third kappa shape index (κ3) is 3.38. The van der Waals surface area contributed by atoms with Crippen LogP contribution in [0.25, 0.3) is 0 Å². The van der Waals surface area contributed by atoms with Crippen LogP contribution < -0.4 is 5.32 Å². The van der Waals surface area contributed by atoms with Crippen LogP contribution >= 0.6 is 15.9 Å². The summed E-state index contributed by atoms with van der Waals surface area (Å²) in [6.07, 6.45) is 0.988. The summed E-state index contributed by atoms with van der Waals surface area (Å²) < 4.78 is 26.7. The number of urea groups is 1. The maximum Gasteiger partial charge on any atom is 0.323 e. The number of aromatic nitrogens is 1. The van der Waals surface area contributed by atoms with Crippen LogP contribution in [0.1, 0.15) is 12.8 Å². The lowest BCUT2D eigenvalue weighted by molar-refractivity contribution is -0.0461. The molecule has 0 atom stereocenters. The number of alkyl halides is 2. The minimum atomic E-state index is -2.65. The Morgan fingerprint density at radius 1 is 1.39 bits per heavy atom. The SMILES string of the molecule is O=C(Nc1ccc(Br)cn1)N1CCC(F)(F)CC1. The van der Waals surface area contributed by atoms with Crippen LogP contribution in [0.15, 0.2) is 22.8 Å². The molecule has 0 spiro atoms. The topological polar surface area (TPSA) is 45.2 Å². The van der Waals surface area contributed by atoms with E-state index in [1.54, 1.807) is 18.3 Å². The van der Waals surface area contributed by atoms with E-state index in [9.17, 15) is 13.6 Å². The number of carbonyl (C=O) groups is 1. The number of hydrogen-bond acceptors (Lipinski definition) is 2. The maximum atomic E-state index is 12.9. The van der Waals surface area contributed by atoms with E-state index < -0.39 is 5.92 Å². The van der Waals surface area contributed by atoms with Gasteiger partial charge in [0.2, 0.25) is 0 Å². The number of carbonyl (C=O) groups excluding carboxylic acids is 1. The van der Waals surface area contributed by atoms with Crippen LogP contribution in [0.3, 0.4) is 0 Å². The summed E-state index contributed by atoms with van der Waals surface area (Å²) in [6, 6.07) is 2.99. The molecule has 4 nitrogen and oxygen atoms in total. The molecule has 0 bridgehead atoms. The fourth-order valence-corrected chi connectivity index (χ4v) is 1.91. The summed E-state index contributed by atoms with van der Waals surface area (Å²) in [4.78, 5) is 17.1. The predicted octanol–water partition coefficient (Wildman–Crippen LogP) is 3.11. The number of amides is 2. The van der Waals surface area contributed by atoms with Crippen molar-refractivity contribution < 1.29 is 13.6 Å². The summed E-state index contributed by atoms with van der Waals surface area (Å²) in [5.74, 6) is -2.24. The van der Waals surface area contributed by atoms with Crippen molar-refractivity contribution >= 4 is 27.8 Å². The van der Waals surface area contributed by atoms with Crippen molar-refractivity contribution in [2.45, 2.75) is 18.8 Å². The van der Waals surface area contributed by atoms with Crippen LogP contribution in [-0.2, 0) is 0 Å². The average Bonchev–Trinajstić information content (AvgIpc) is 2.32. The quantitative estimate of drug-likeness (QED) is 0.864. The third-order valence-corrected chi connectivity index (χ3v) is 3.21. The second kappa shape index (κ2) is 5.17. The first kappa shape index (κ1) is 13.2. The lowest BCUT2D eigenvalue weighted by Crippen LogP contribution is -2.44. The highest BCUT2D eigenvalue weighted by molar-refractivity contribution is 9.10. The summed E-state index contributed by atoms with van der Waals surface area (Å²) in [6.45, 7) is 0.130. The Morgan fingerprint density at radius 3 is 2.61 bits per heavy atom. The van der Waals surface area contributed by atoms with Gasteiger partial charge in [-0.3, -0.25) is 5.32 Å². The maximum absolute atomic E-state index is 12.9. The molecule has 1 fully saturated rings. The first-order valence-corrected chi connectivity index (χ1v) is 6.31. The van der Waals surface area contributed by atoms with E-state index in [4.69, 9.17) is 0 Å². The molecule has 1 aliphatic heterocycles. The summed E-state index contributed by atoms with van der Waals surface area (Å²) in [7, 11) is 0. The van der Waals surface area contributed by atoms with Gasteiger partial charge in [-0.1, -0.05) is 0 Å². The fraction of sp³-hybridized carbons (Fsp3) is 0.455. The summed E-state index contributed by atoms with van der Waals surface area (Å²) in [5, 5.41) is 2.58. The highest BCUT2D eigenvalue weighted by atomic mass is 79.9. The second-order valence-electron chi connectivity index (χ2n) is 4.13. The molecule has 2 heterocycles. The minimum absolute atomic E-state index is 0.0648. The standard InChI is InChI=1S/C11H12BrF2N3O/c12-8-1-2-9(15-7-8)16-10(18)17-5-3-11(13,14)4-6-17/h1-2,7H,3-6H2,(H,15,16,18). The highest BCUT2D eigenvalue weighted by Gasteiger charge is 2.35. The zero-order valence-electron chi connectivity index (χ0n) is 9.50. The molecule has 0 unspecified atom stereocenters. The van der Waals surface area contributed by atoms with Gasteiger partial charge in [0.1, 0.15) is 5.82 Å². The molecule has 98 valence electrons. The molecule has 2 rings (SSSR count). The number of piperidine rings is 1. The van der Waals surface area contributed by atoms with Crippen LogP contribution in [0, 0.1) is 0 Å². The van der Waals surface area contributed by atoms with E-state index >= 15 is 0 Å². The molecule has 0 saturated carbocycles. The molecule has 1 N–H and O–H groups in total. The lowest BCUT2D eigenvalue weighted by Gasteiger charge is -2.31. The van der Waals surface area contributed by atoms with Crippen molar-refractivity contribution in [2.24, 2.45) is 0 Å². The number of anilines is 1. The van der Waals surface area contributed by atoms with E-state index in [2.05, 4.69) is 26.2 Å². The van der Waals surface area contributed by atoms with Crippen molar-refractivity contribution in [1.29, 1.82) is 0 Å². The van der Waals surface area contributed by atoms with Crippen molar-refractivity contribution in [3.05, 3.63) is 22.8 Å². The Bertz CT molecular complexity index is 428. The summed E-state index contributed by atoms with van der Waals surface area (Å²) >= 11 is 3.23. The van der Waals surface area contributed by atoms with Crippen molar-refractivity contribution in [3.63, 3.8) is 0 Å². The molecular formula is C11H12BrF2N3O. The Balaban J connectivity index is 1.91. The van der Waals surface area contributed by atoms with E-state index in [0.29, 0.717) is 5.82 Å². The zero-order chi connectivity index (χ0) is 13.2. The van der Waals surface area contributed by atoms with Crippen molar-refractivity contribution in [1.82, 2.24) is 9.88 Å². The number of likely N-dealkylation sites (tertiary alicyclic amines) is 1. The molecule has 1 aliphatic rings. The molecule has 18 heavy (non-hydrogen) atoms. The van der Waals surface area contributed by atoms with Crippen molar-refractivity contribution in [3.8, 4) is 0 Å². The lowest BCUT2D eigenvalue weighted by atomic mass is 10.1. The van der Waals surface area contributed by atoms with Gasteiger partial charge in [0.15, 0.2) is 0 Å². The van der Waals surface area contributed by atoms with Crippen LogP contribution in [0.4, 0.5) is 19.4 Å². The van der Waals surface area contributed by atoms with Gasteiger partial charge < -0.3 is 4.90 Å². The molecule has 1 aromatic heterocycles. The average molecular weight is 320 g/mol. The second-order valence-corrected chi connectivity index (χ2v) is 5.05. The molecule has 0 aliphatic carbocycles.